The zero-order valence-corrected chi connectivity index (χ0v) is 8.47. The molecule has 0 fully saturated rings. The van der Waals surface area contributed by atoms with E-state index in [0.29, 0.717) is 6.16 Å². The molecular formula is C8H10ClO2P. The van der Waals surface area contributed by atoms with Gasteiger partial charge in [-0.25, -0.2) is 0 Å². The molecule has 1 unspecified atom stereocenters. The van der Waals surface area contributed by atoms with Gasteiger partial charge in [-0.05, 0) is 17.7 Å². The Morgan fingerprint density at radius 2 is 2.33 bits per heavy atom. The van der Waals surface area contributed by atoms with Crippen LogP contribution in [0.1, 0.15) is 5.56 Å². The molecule has 0 radical (unpaired) electrons. The summed E-state index contributed by atoms with van der Waals surface area (Å²) >= 11 is 5.41. The second-order valence-electron chi connectivity index (χ2n) is 2.38. The molecule has 1 rings (SSSR count). The van der Waals surface area contributed by atoms with Crippen LogP contribution in [0.15, 0.2) is 24.3 Å². The standard InChI is InChI=1S/C8H10ClO2P/c1-11-8-4-2-3-7(5-8)6-12(9)10/h2-5,12H,6H2,1H3. The quantitative estimate of drug-likeness (QED) is 0.708. The Morgan fingerprint density at radius 3 is 2.92 bits per heavy atom. The van der Waals surface area contributed by atoms with E-state index in [0.717, 1.165) is 11.3 Å². The van der Waals surface area contributed by atoms with E-state index >= 15 is 0 Å². The highest BCUT2D eigenvalue weighted by atomic mass is 35.7. The van der Waals surface area contributed by atoms with Crippen molar-refractivity contribution >= 4 is 18.4 Å². The van der Waals surface area contributed by atoms with Gasteiger partial charge < -0.3 is 9.30 Å². The molecule has 0 amide bonds. The van der Waals surface area contributed by atoms with Crippen molar-refractivity contribution in [3.8, 4) is 5.75 Å². The molecule has 2 nitrogen and oxygen atoms in total. The van der Waals surface area contributed by atoms with Crippen LogP contribution in [0.25, 0.3) is 0 Å². The predicted molar refractivity (Wildman–Crippen MR) is 51.6 cm³/mol. The van der Waals surface area contributed by atoms with Crippen molar-refractivity contribution in [3.63, 3.8) is 0 Å². The topological polar surface area (TPSA) is 26.3 Å². The minimum atomic E-state index is -1.94. The van der Waals surface area contributed by atoms with Crippen LogP contribution >= 0.6 is 18.4 Å². The first kappa shape index (κ1) is 9.63. The maximum absolute atomic E-state index is 10.7. The van der Waals surface area contributed by atoms with Crippen LogP contribution < -0.4 is 4.74 Å². The molecule has 12 heavy (non-hydrogen) atoms. The molecule has 0 heterocycles. The van der Waals surface area contributed by atoms with Crippen molar-refractivity contribution in [3.05, 3.63) is 29.8 Å². The second-order valence-corrected chi connectivity index (χ2v) is 4.71. The van der Waals surface area contributed by atoms with Gasteiger partial charge in [0.1, 0.15) is 5.75 Å². The van der Waals surface area contributed by atoms with Crippen LogP contribution in [-0.2, 0) is 10.7 Å². The molecule has 0 spiro atoms. The van der Waals surface area contributed by atoms with E-state index in [1.165, 1.54) is 0 Å². The summed E-state index contributed by atoms with van der Waals surface area (Å²) in [7, 11) is -0.345. The van der Waals surface area contributed by atoms with Crippen molar-refractivity contribution in [2.45, 2.75) is 6.16 Å². The number of hydrogen-bond acceptors (Lipinski definition) is 2. The smallest absolute Gasteiger partial charge is 0.162 e. The zero-order chi connectivity index (χ0) is 8.97. The number of halogens is 1. The lowest BCUT2D eigenvalue weighted by molar-refractivity contribution is 0.414. The van der Waals surface area contributed by atoms with Gasteiger partial charge in [0.05, 0.1) is 7.11 Å². The summed E-state index contributed by atoms with van der Waals surface area (Å²) < 4.78 is 15.7. The van der Waals surface area contributed by atoms with Crippen molar-refractivity contribution < 1.29 is 9.30 Å². The van der Waals surface area contributed by atoms with E-state index in [2.05, 4.69) is 0 Å². The van der Waals surface area contributed by atoms with Crippen LogP contribution in [0.2, 0.25) is 0 Å². The summed E-state index contributed by atoms with van der Waals surface area (Å²) in [6.45, 7) is 0. The highest BCUT2D eigenvalue weighted by Gasteiger charge is 1.98. The van der Waals surface area contributed by atoms with Crippen molar-refractivity contribution in [1.82, 2.24) is 0 Å². The zero-order valence-electron chi connectivity index (χ0n) is 6.71. The summed E-state index contributed by atoms with van der Waals surface area (Å²) in [5, 5.41) is 0. The third-order valence-corrected chi connectivity index (χ3v) is 2.56. The first-order valence-electron chi connectivity index (χ1n) is 3.53. The van der Waals surface area contributed by atoms with Gasteiger partial charge in [0, 0.05) is 6.16 Å². The Bertz CT molecular complexity index is 288. The van der Waals surface area contributed by atoms with Gasteiger partial charge in [-0.1, -0.05) is 23.4 Å². The molecule has 1 aromatic rings. The largest absolute Gasteiger partial charge is 0.497 e. The SMILES string of the molecule is COc1cccc(C[PH](=O)Cl)c1. The maximum Gasteiger partial charge on any atom is 0.162 e. The molecule has 0 aliphatic heterocycles. The minimum absolute atomic E-state index is 0.434. The number of rotatable bonds is 3. The first-order valence-corrected chi connectivity index (χ1v) is 6.16. The van der Waals surface area contributed by atoms with E-state index in [4.69, 9.17) is 16.0 Å². The van der Waals surface area contributed by atoms with E-state index in [1.807, 2.05) is 24.3 Å². The molecule has 1 atom stereocenters. The summed E-state index contributed by atoms with van der Waals surface area (Å²) in [5.41, 5.74) is 0.952. The molecule has 0 saturated heterocycles. The van der Waals surface area contributed by atoms with Gasteiger partial charge in [0.2, 0.25) is 0 Å². The fraction of sp³-hybridized carbons (Fsp3) is 0.250. The van der Waals surface area contributed by atoms with E-state index in [1.54, 1.807) is 7.11 Å². The molecule has 66 valence electrons. The number of methoxy groups -OCH3 is 1. The fourth-order valence-corrected chi connectivity index (χ4v) is 1.95. The molecule has 0 N–H and O–H groups in total. The molecule has 1 aromatic carbocycles. The third-order valence-electron chi connectivity index (χ3n) is 1.48. The van der Waals surface area contributed by atoms with Gasteiger partial charge in [0.15, 0.2) is 7.15 Å². The highest BCUT2D eigenvalue weighted by Crippen LogP contribution is 2.32. The van der Waals surface area contributed by atoms with Gasteiger partial charge >= 0.3 is 0 Å². The summed E-state index contributed by atoms with van der Waals surface area (Å²) in [6, 6.07) is 7.42. The Kier molecular flexibility index (Phi) is 3.64. The monoisotopic (exact) mass is 204 g/mol. The summed E-state index contributed by atoms with van der Waals surface area (Å²) in [6.07, 6.45) is 0.434. The highest BCUT2D eigenvalue weighted by molar-refractivity contribution is 7.73. The number of hydrogen-bond donors (Lipinski definition) is 0. The van der Waals surface area contributed by atoms with E-state index in [-0.39, 0.29) is 0 Å². The Hall–Kier alpha value is -0.460. The van der Waals surface area contributed by atoms with Crippen LogP contribution in [-0.4, -0.2) is 7.11 Å². The average Bonchev–Trinajstić information content (AvgIpc) is 2.03. The van der Waals surface area contributed by atoms with Crippen molar-refractivity contribution in [1.29, 1.82) is 0 Å². The molecule has 0 aliphatic carbocycles. The number of ether oxygens (including phenoxy) is 1. The molecule has 0 aliphatic rings. The Morgan fingerprint density at radius 1 is 1.58 bits per heavy atom. The summed E-state index contributed by atoms with van der Waals surface area (Å²) in [5.74, 6) is 0.771. The average molecular weight is 205 g/mol. The third kappa shape index (κ3) is 2.88. The molecule has 4 heteroatoms. The molecular weight excluding hydrogens is 195 g/mol. The van der Waals surface area contributed by atoms with Gasteiger partial charge in [0.25, 0.3) is 0 Å². The van der Waals surface area contributed by atoms with Crippen molar-refractivity contribution in [2.75, 3.05) is 7.11 Å². The normalized spacial score (nSPS) is 12.5. The molecule has 0 saturated carbocycles. The Balaban J connectivity index is 2.79. The Labute approximate surface area is 77.1 Å². The van der Waals surface area contributed by atoms with Gasteiger partial charge in [-0.2, -0.15) is 0 Å². The number of benzene rings is 1. The maximum atomic E-state index is 10.7. The predicted octanol–water partition coefficient (Wildman–Crippen LogP) is 2.91. The van der Waals surface area contributed by atoms with E-state index < -0.39 is 7.15 Å². The van der Waals surface area contributed by atoms with Crippen molar-refractivity contribution in [2.24, 2.45) is 0 Å². The van der Waals surface area contributed by atoms with Crippen LogP contribution in [0, 0.1) is 0 Å². The second kappa shape index (κ2) is 4.54. The van der Waals surface area contributed by atoms with Crippen LogP contribution in [0.4, 0.5) is 0 Å². The van der Waals surface area contributed by atoms with E-state index in [9.17, 15) is 4.57 Å². The van der Waals surface area contributed by atoms with Crippen LogP contribution in [0.5, 0.6) is 5.75 Å². The van der Waals surface area contributed by atoms with Gasteiger partial charge in [-0.3, -0.25) is 0 Å². The summed E-state index contributed by atoms with van der Waals surface area (Å²) in [4.78, 5) is 0. The minimum Gasteiger partial charge on any atom is -0.497 e. The lowest BCUT2D eigenvalue weighted by Gasteiger charge is -2.01. The first-order chi connectivity index (χ1) is 5.72. The lowest BCUT2D eigenvalue weighted by Crippen LogP contribution is -1.84. The van der Waals surface area contributed by atoms with Gasteiger partial charge in [-0.15, -0.1) is 0 Å². The molecule has 0 aromatic heterocycles. The fourth-order valence-electron chi connectivity index (χ4n) is 0.943. The molecule has 0 bridgehead atoms. The van der Waals surface area contributed by atoms with Crippen LogP contribution in [0.3, 0.4) is 0 Å². The lowest BCUT2D eigenvalue weighted by atomic mass is 10.2.